The Kier molecular flexibility index (Phi) is 2.90. The highest BCUT2D eigenvalue weighted by molar-refractivity contribution is 5.57. The minimum atomic E-state index is 0.191. The number of aryl methyl sites for hydroxylation is 2. The molecule has 1 aliphatic heterocycles. The lowest BCUT2D eigenvalue weighted by Crippen LogP contribution is -2.34. The first-order chi connectivity index (χ1) is 9.04. The van der Waals surface area contributed by atoms with Crippen LogP contribution in [-0.2, 0) is 6.54 Å². The molecule has 0 aliphatic carbocycles. The summed E-state index contributed by atoms with van der Waals surface area (Å²) >= 11 is 0. The van der Waals surface area contributed by atoms with Crippen molar-refractivity contribution in [3.63, 3.8) is 0 Å². The van der Waals surface area contributed by atoms with Gasteiger partial charge < -0.3 is 5.73 Å². The Bertz CT molecular complexity index is 615. The van der Waals surface area contributed by atoms with Crippen LogP contribution in [0.15, 0.2) is 18.2 Å². The Morgan fingerprint density at radius 1 is 1.26 bits per heavy atom. The number of nitrogens with two attached hydrogens (primary N) is 1. The van der Waals surface area contributed by atoms with Gasteiger partial charge >= 0.3 is 0 Å². The van der Waals surface area contributed by atoms with Crippen LogP contribution in [-0.4, -0.2) is 20.8 Å². The van der Waals surface area contributed by atoms with E-state index in [0.717, 1.165) is 30.2 Å². The van der Waals surface area contributed by atoms with Gasteiger partial charge in [0.25, 0.3) is 0 Å². The molecule has 4 nitrogen and oxygen atoms in total. The molecule has 0 radical (unpaired) electrons. The molecule has 1 aromatic carbocycles. The quantitative estimate of drug-likeness (QED) is 0.852. The molecule has 0 amide bonds. The van der Waals surface area contributed by atoms with E-state index in [4.69, 9.17) is 10.7 Å². The van der Waals surface area contributed by atoms with Crippen LogP contribution in [0, 0.1) is 13.8 Å². The zero-order valence-electron chi connectivity index (χ0n) is 11.7. The second kappa shape index (κ2) is 4.46. The first-order valence-electron chi connectivity index (χ1n) is 6.82. The molecular weight excluding hydrogens is 236 g/mol. The first kappa shape index (κ1) is 12.4. The van der Waals surface area contributed by atoms with Gasteiger partial charge in [0.2, 0.25) is 0 Å². The van der Waals surface area contributed by atoms with Crippen LogP contribution >= 0.6 is 0 Å². The molecule has 2 heterocycles. The maximum atomic E-state index is 6.04. The molecule has 0 saturated heterocycles. The summed E-state index contributed by atoms with van der Waals surface area (Å²) in [6.07, 6.45) is 0.991. The minimum Gasteiger partial charge on any atom is -0.326 e. The van der Waals surface area contributed by atoms with E-state index in [1.54, 1.807) is 0 Å². The second-order valence-electron chi connectivity index (χ2n) is 5.67. The van der Waals surface area contributed by atoms with E-state index < -0.39 is 0 Å². The third kappa shape index (κ3) is 2.16. The number of hydrogen-bond acceptors (Lipinski definition) is 3. The fourth-order valence-corrected chi connectivity index (χ4v) is 2.71. The van der Waals surface area contributed by atoms with E-state index in [9.17, 15) is 0 Å². The summed E-state index contributed by atoms with van der Waals surface area (Å²) in [7, 11) is 0. The molecule has 2 atom stereocenters. The van der Waals surface area contributed by atoms with Crippen molar-refractivity contribution in [2.45, 2.75) is 45.7 Å². The highest BCUT2D eigenvalue weighted by Gasteiger charge is 2.25. The van der Waals surface area contributed by atoms with Crippen molar-refractivity contribution in [1.82, 2.24) is 14.8 Å². The molecule has 0 spiro atoms. The molecule has 2 unspecified atom stereocenters. The number of fused-ring (bicyclic) bond motifs is 1. The number of hydrogen-bond donors (Lipinski definition) is 1. The zero-order valence-corrected chi connectivity index (χ0v) is 11.7. The van der Waals surface area contributed by atoms with E-state index in [-0.39, 0.29) is 6.04 Å². The smallest absolute Gasteiger partial charge is 0.181 e. The predicted molar refractivity (Wildman–Crippen MR) is 75.9 cm³/mol. The van der Waals surface area contributed by atoms with Gasteiger partial charge in [-0.3, -0.25) is 0 Å². The Morgan fingerprint density at radius 2 is 2.05 bits per heavy atom. The molecule has 0 fully saturated rings. The van der Waals surface area contributed by atoms with Crippen molar-refractivity contribution < 1.29 is 0 Å². The fourth-order valence-electron chi connectivity index (χ4n) is 2.71. The maximum absolute atomic E-state index is 6.04. The van der Waals surface area contributed by atoms with E-state index >= 15 is 0 Å². The summed E-state index contributed by atoms with van der Waals surface area (Å²) in [5.41, 5.74) is 9.70. The van der Waals surface area contributed by atoms with Crippen molar-refractivity contribution in [3.8, 4) is 11.4 Å². The van der Waals surface area contributed by atoms with Gasteiger partial charge in [-0.15, -0.1) is 0 Å². The van der Waals surface area contributed by atoms with Gasteiger partial charge in [0.15, 0.2) is 5.82 Å². The monoisotopic (exact) mass is 256 g/mol. The normalized spacial score (nSPS) is 22.3. The van der Waals surface area contributed by atoms with Crippen LogP contribution in [0.4, 0.5) is 0 Å². The van der Waals surface area contributed by atoms with E-state index in [0.29, 0.717) is 5.92 Å². The molecule has 2 aromatic rings. The molecule has 0 bridgehead atoms. The highest BCUT2D eigenvalue weighted by Crippen LogP contribution is 2.27. The molecule has 100 valence electrons. The summed E-state index contributed by atoms with van der Waals surface area (Å²) in [4.78, 5) is 4.70. The topological polar surface area (TPSA) is 56.7 Å². The predicted octanol–water partition coefficient (Wildman–Crippen LogP) is 2.40. The van der Waals surface area contributed by atoms with Gasteiger partial charge in [-0.1, -0.05) is 19.1 Å². The number of rotatable bonds is 1. The van der Waals surface area contributed by atoms with Crippen LogP contribution in [0.3, 0.4) is 0 Å². The summed E-state index contributed by atoms with van der Waals surface area (Å²) in [5, 5.41) is 4.62. The van der Waals surface area contributed by atoms with Gasteiger partial charge in [-0.2, -0.15) is 5.10 Å². The molecule has 1 aliphatic rings. The van der Waals surface area contributed by atoms with Crippen LogP contribution < -0.4 is 5.73 Å². The third-order valence-corrected chi connectivity index (χ3v) is 3.97. The lowest BCUT2D eigenvalue weighted by Gasteiger charge is -2.23. The molecule has 3 rings (SSSR count). The van der Waals surface area contributed by atoms with E-state index in [2.05, 4.69) is 44.1 Å². The average Bonchev–Trinajstić information content (AvgIpc) is 2.76. The summed E-state index contributed by atoms with van der Waals surface area (Å²) in [6.45, 7) is 7.18. The van der Waals surface area contributed by atoms with E-state index in [1.807, 2.05) is 4.68 Å². The molecule has 0 saturated carbocycles. The van der Waals surface area contributed by atoms with Gasteiger partial charge in [0.05, 0.1) is 6.54 Å². The van der Waals surface area contributed by atoms with E-state index in [1.165, 1.54) is 11.1 Å². The van der Waals surface area contributed by atoms with Crippen molar-refractivity contribution in [2.75, 3.05) is 0 Å². The second-order valence-corrected chi connectivity index (χ2v) is 5.67. The van der Waals surface area contributed by atoms with Crippen LogP contribution in [0.2, 0.25) is 0 Å². The summed E-state index contributed by atoms with van der Waals surface area (Å²) in [5.74, 6) is 2.27. The van der Waals surface area contributed by atoms with Gasteiger partial charge in [0, 0.05) is 17.5 Å². The third-order valence-electron chi connectivity index (χ3n) is 3.97. The van der Waals surface area contributed by atoms with Gasteiger partial charge in [-0.05, 0) is 37.5 Å². The molecule has 19 heavy (non-hydrogen) atoms. The van der Waals surface area contributed by atoms with Crippen molar-refractivity contribution in [1.29, 1.82) is 0 Å². The maximum Gasteiger partial charge on any atom is 0.181 e. The summed E-state index contributed by atoms with van der Waals surface area (Å²) < 4.78 is 1.98. The fraction of sp³-hybridized carbons (Fsp3) is 0.467. The Labute approximate surface area is 113 Å². The Balaban J connectivity index is 2.03. The zero-order chi connectivity index (χ0) is 13.6. The lowest BCUT2D eigenvalue weighted by atomic mass is 9.98. The Hall–Kier alpha value is -1.68. The van der Waals surface area contributed by atoms with Crippen LogP contribution in [0.25, 0.3) is 11.4 Å². The molecule has 2 N–H and O–H groups in total. The number of benzene rings is 1. The first-order valence-corrected chi connectivity index (χ1v) is 6.82. The standard InChI is InChI=1S/C15H20N4/c1-9-4-5-12(6-10(9)2)14-17-15-11(3)7-13(16)8-19(15)18-14/h4-6,11,13H,7-8,16H2,1-3H3. The van der Waals surface area contributed by atoms with Crippen LogP contribution in [0.5, 0.6) is 0 Å². The summed E-state index contributed by atoms with van der Waals surface area (Å²) in [6, 6.07) is 6.56. The minimum absolute atomic E-state index is 0.191. The SMILES string of the molecule is Cc1ccc(-c2nc3n(n2)CC(N)CC3C)cc1C. The number of aromatic nitrogens is 3. The van der Waals surface area contributed by atoms with Gasteiger partial charge in [-0.25, -0.2) is 9.67 Å². The van der Waals surface area contributed by atoms with Crippen molar-refractivity contribution in [3.05, 3.63) is 35.2 Å². The molecule has 1 aromatic heterocycles. The van der Waals surface area contributed by atoms with Crippen molar-refractivity contribution in [2.24, 2.45) is 5.73 Å². The lowest BCUT2D eigenvalue weighted by molar-refractivity contribution is 0.382. The Morgan fingerprint density at radius 3 is 2.79 bits per heavy atom. The highest BCUT2D eigenvalue weighted by atomic mass is 15.4. The van der Waals surface area contributed by atoms with Crippen LogP contribution in [0.1, 0.15) is 36.2 Å². The molecule has 4 heteroatoms. The number of nitrogens with zero attached hydrogens (tertiary/aromatic N) is 3. The largest absolute Gasteiger partial charge is 0.326 e. The average molecular weight is 256 g/mol. The molecular formula is C15H20N4. The van der Waals surface area contributed by atoms with Gasteiger partial charge in [0.1, 0.15) is 5.82 Å². The van der Waals surface area contributed by atoms with Crippen molar-refractivity contribution >= 4 is 0 Å².